The third-order valence-electron chi connectivity index (χ3n) is 11.4. The van der Waals surface area contributed by atoms with Crippen molar-refractivity contribution in [3.05, 3.63) is 77.9 Å². The number of fused-ring (bicyclic) bond motifs is 2. The number of esters is 1. The molecule has 7 atom stereocenters. The molecule has 2 heterocycles. The van der Waals surface area contributed by atoms with E-state index in [4.69, 9.17) is 4.74 Å². The number of aliphatic hydroxyl groups excluding tert-OH is 1. The molecule has 2 unspecified atom stereocenters. The molecule has 60 heavy (non-hydrogen) atoms. The number of nitrogens with zero attached hydrogens (tertiary/aromatic N) is 1. The number of cyclic esters (lactones) is 1. The Labute approximate surface area is 354 Å². The molecule has 0 spiro atoms. The van der Waals surface area contributed by atoms with Gasteiger partial charge in [0.25, 0.3) is 5.91 Å². The Morgan fingerprint density at radius 1 is 0.967 bits per heavy atom. The van der Waals surface area contributed by atoms with Crippen molar-refractivity contribution >= 4 is 35.4 Å². The normalized spacial score (nSPS) is 28.5. The molecule has 2 aliphatic heterocycles. The van der Waals surface area contributed by atoms with E-state index in [-0.39, 0.29) is 48.4 Å². The van der Waals surface area contributed by atoms with Crippen LogP contribution in [0, 0.1) is 17.8 Å². The van der Waals surface area contributed by atoms with Crippen LogP contribution in [0.2, 0.25) is 0 Å². The van der Waals surface area contributed by atoms with Crippen LogP contribution in [0.4, 0.5) is 0 Å². The van der Waals surface area contributed by atoms with Gasteiger partial charge in [-0.25, -0.2) is 5.43 Å². The number of carbonyl (C=O) groups excluding carboxylic acids is 6. The summed E-state index contributed by atoms with van der Waals surface area (Å²) in [6.45, 7) is 8.71. The first-order valence-corrected chi connectivity index (χ1v) is 21.5. The molecule has 328 valence electrons. The number of phenols is 1. The van der Waals surface area contributed by atoms with Gasteiger partial charge in [0, 0.05) is 31.5 Å². The topological polar surface area (TPSA) is 203 Å². The molecule has 4 amide bonds. The van der Waals surface area contributed by atoms with Gasteiger partial charge in [0.15, 0.2) is 0 Å². The number of aliphatic hydroxyl groups is 1. The van der Waals surface area contributed by atoms with Gasteiger partial charge < -0.3 is 35.7 Å². The second-order valence-corrected chi connectivity index (χ2v) is 16.8. The predicted molar refractivity (Wildman–Crippen MR) is 228 cm³/mol. The van der Waals surface area contributed by atoms with Crippen molar-refractivity contribution in [2.75, 3.05) is 6.54 Å². The first kappa shape index (κ1) is 47.6. The van der Waals surface area contributed by atoms with Crippen molar-refractivity contribution in [1.29, 1.82) is 0 Å². The first-order chi connectivity index (χ1) is 28.6. The molecule has 3 aliphatic rings. The minimum atomic E-state index is -1.33. The van der Waals surface area contributed by atoms with Gasteiger partial charge in [0.05, 0.1) is 12.0 Å². The van der Waals surface area contributed by atoms with E-state index in [0.29, 0.717) is 31.3 Å². The molecule has 4 rings (SSSR count). The van der Waals surface area contributed by atoms with Gasteiger partial charge in [0.1, 0.15) is 35.8 Å². The summed E-state index contributed by atoms with van der Waals surface area (Å²) < 4.78 is 6.08. The van der Waals surface area contributed by atoms with Crippen LogP contribution < -0.4 is 21.4 Å². The van der Waals surface area contributed by atoms with Crippen molar-refractivity contribution in [2.24, 2.45) is 17.8 Å². The second kappa shape index (κ2) is 23.6. The standard InChI is InChI=1S/C46H65N5O9/c1-29(2)40-44(57)49-41(33-18-14-21-35(53)28-33)45(58)51-27-15-22-37(50-51)46(59)60-38(30(3)17-13-24-39(54)47-34-19-10-8-11-20-34)23-12-7-6-9-16-31(4)42(55)36(43(56)48-40)26-25-32(5)52/h6-7,9,12-14,17-18,21,24,28-29,31,34,36-38,40-42,50,53,55H,8,10-11,15-16,19-20,22-23,25-27H2,1-5H3,(H,47,54)(H,48,56)(H,49,57)/b9-6+,12-7+,24-13+,30-17+/t31-,36+,37?,38-,40-,41?,42+/m0/s1. The number of hydrogen-bond donors (Lipinski definition) is 6. The van der Waals surface area contributed by atoms with Crippen LogP contribution in [-0.2, 0) is 33.5 Å². The van der Waals surface area contributed by atoms with Gasteiger partial charge in [-0.3, -0.25) is 29.0 Å². The molecule has 2 fully saturated rings. The minimum absolute atomic E-state index is 0.0555. The summed E-state index contributed by atoms with van der Waals surface area (Å²) in [6.07, 6.45) is 17.2. The molecule has 1 saturated heterocycles. The fraction of sp³-hybridized carbons (Fsp3) is 0.565. The minimum Gasteiger partial charge on any atom is -0.508 e. The van der Waals surface area contributed by atoms with E-state index in [1.807, 2.05) is 25.2 Å². The lowest BCUT2D eigenvalue weighted by Crippen LogP contribution is -2.59. The van der Waals surface area contributed by atoms with E-state index < -0.39 is 71.8 Å². The van der Waals surface area contributed by atoms with Crippen LogP contribution in [0.3, 0.4) is 0 Å². The van der Waals surface area contributed by atoms with Gasteiger partial charge in [0.2, 0.25) is 17.7 Å². The highest BCUT2D eigenvalue weighted by atomic mass is 16.5. The molecule has 2 bridgehead atoms. The fourth-order valence-electron chi connectivity index (χ4n) is 7.73. The molecule has 1 saturated carbocycles. The molecular formula is C46H65N5O9. The Morgan fingerprint density at radius 2 is 1.68 bits per heavy atom. The summed E-state index contributed by atoms with van der Waals surface area (Å²) in [5, 5.41) is 31.8. The number of ketones is 1. The maximum Gasteiger partial charge on any atom is 0.325 e. The van der Waals surface area contributed by atoms with Crippen molar-refractivity contribution in [3.63, 3.8) is 0 Å². The Bertz CT molecular complexity index is 1780. The third-order valence-corrected chi connectivity index (χ3v) is 11.4. The van der Waals surface area contributed by atoms with Gasteiger partial charge in [-0.15, -0.1) is 0 Å². The number of carbonyl (C=O) groups is 6. The summed E-state index contributed by atoms with van der Waals surface area (Å²) >= 11 is 0. The molecule has 1 aliphatic carbocycles. The Kier molecular flexibility index (Phi) is 18.8. The number of hydrazine groups is 1. The van der Waals surface area contributed by atoms with E-state index in [9.17, 15) is 39.0 Å². The van der Waals surface area contributed by atoms with Crippen LogP contribution in [0.5, 0.6) is 5.75 Å². The third kappa shape index (κ3) is 14.6. The van der Waals surface area contributed by atoms with Gasteiger partial charge in [-0.1, -0.05) is 88.6 Å². The van der Waals surface area contributed by atoms with Crippen molar-refractivity contribution < 1.29 is 43.7 Å². The van der Waals surface area contributed by atoms with Crippen molar-refractivity contribution in [2.45, 2.75) is 142 Å². The summed E-state index contributed by atoms with van der Waals surface area (Å²) in [5.74, 6) is -4.79. The number of aromatic hydroxyl groups is 1. The van der Waals surface area contributed by atoms with E-state index in [0.717, 1.165) is 25.7 Å². The fourth-order valence-corrected chi connectivity index (χ4v) is 7.73. The van der Waals surface area contributed by atoms with Crippen molar-refractivity contribution in [3.8, 4) is 5.75 Å². The molecule has 6 N–H and O–H groups in total. The van der Waals surface area contributed by atoms with Gasteiger partial charge in [-0.05, 0) is 87.5 Å². The van der Waals surface area contributed by atoms with E-state index in [2.05, 4.69) is 21.4 Å². The first-order valence-electron chi connectivity index (χ1n) is 21.5. The number of allylic oxidation sites excluding steroid dienone is 5. The molecule has 0 radical (unpaired) electrons. The molecule has 14 heteroatoms. The number of ether oxygens (including phenoxy) is 1. The Morgan fingerprint density at radius 3 is 2.37 bits per heavy atom. The summed E-state index contributed by atoms with van der Waals surface area (Å²) in [5.41, 5.74) is 3.97. The molecule has 1 aromatic carbocycles. The number of nitrogens with one attached hydrogen (secondary N) is 4. The van der Waals surface area contributed by atoms with Crippen LogP contribution in [0.1, 0.15) is 117 Å². The number of amides is 4. The van der Waals surface area contributed by atoms with Crippen LogP contribution in [0.15, 0.2) is 72.4 Å². The average molecular weight is 832 g/mol. The average Bonchev–Trinajstić information content (AvgIpc) is 3.21. The number of benzene rings is 1. The van der Waals surface area contributed by atoms with E-state index in [1.54, 1.807) is 45.1 Å². The number of Topliss-reactive ketones (excluding diaryl/α,β-unsaturated/α-hetero) is 1. The highest BCUT2D eigenvalue weighted by molar-refractivity contribution is 5.93. The molecule has 14 nitrogen and oxygen atoms in total. The van der Waals surface area contributed by atoms with Gasteiger partial charge >= 0.3 is 5.97 Å². The number of rotatable bonds is 9. The Balaban J connectivity index is 1.67. The zero-order chi connectivity index (χ0) is 43.8. The van der Waals surface area contributed by atoms with E-state index in [1.165, 1.54) is 42.6 Å². The molecular weight excluding hydrogens is 767 g/mol. The largest absolute Gasteiger partial charge is 0.508 e. The van der Waals surface area contributed by atoms with E-state index >= 15 is 0 Å². The zero-order valence-electron chi connectivity index (χ0n) is 35.7. The highest BCUT2D eigenvalue weighted by Gasteiger charge is 2.38. The lowest BCUT2D eigenvalue weighted by atomic mass is 9.85. The molecule has 0 aromatic heterocycles. The lowest BCUT2D eigenvalue weighted by molar-refractivity contribution is -0.156. The van der Waals surface area contributed by atoms with Gasteiger partial charge in [-0.2, -0.15) is 0 Å². The summed E-state index contributed by atoms with van der Waals surface area (Å²) in [7, 11) is 0. The van der Waals surface area contributed by atoms with Crippen LogP contribution in [0.25, 0.3) is 0 Å². The monoisotopic (exact) mass is 831 g/mol. The quantitative estimate of drug-likeness (QED) is 0.112. The maximum absolute atomic E-state index is 14.4. The zero-order valence-corrected chi connectivity index (χ0v) is 35.7. The number of phenolic OH excluding ortho intramolecular Hbond substituents is 1. The maximum atomic E-state index is 14.4. The summed E-state index contributed by atoms with van der Waals surface area (Å²) in [6, 6.07) is 2.70. The predicted octanol–water partition coefficient (Wildman–Crippen LogP) is 4.94. The molecule has 1 aromatic rings. The van der Waals surface area contributed by atoms with Crippen LogP contribution >= 0.6 is 0 Å². The van der Waals surface area contributed by atoms with Crippen LogP contribution in [-0.4, -0.2) is 87.5 Å². The summed E-state index contributed by atoms with van der Waals surface area (Å²) in [4.78, 5) is 80.8. The lowest BCUT2D eigenvalue weighted by Gasteiger charge is -2.36. The second-order valence-electron chi connectivity index (χ2n) is 16.8. The Hall–Kier alpha value is -5.08. The van der Waals surface area contributed by atoms with Crippen molar-refractivity contribution in [1.82, 2.24) is 26.4 Å². The smallest absolute Gasteiger partial charge is 0.325 e. The number of hydrogen-bond acceptors (Lipinski definition) is 10. The SMILES string of the molecule is CC(=O)CC[C@H]1C(=O)N[C@@H](C(C)C)C(=O)NC(c2cccc(O)c2)C(=O)N2CCCC(N2)C(=O)O[C@H](/C(C)=C/C=C/C(=O)NC2CCCCC2)C/C=C/C=C/C[C@H](C)[C@H]1O. The highest BCUT2D eigenvalue weighted by Crippen LogP contribution is 2.26.